The summed E-state index contributed by atoms with van der Waals surface area (Å²) in [6, 6.07) is 3.77. The molecule has 0 amide bonds. The van der Waals surface area contributed by atoms with Gasteiger partial charge >= 0.3 is 5.97 Å². The van der Waals surface area contributed by atoms with Crippen LogP contribution >= 0.6 is 11.8 Å². The predicted octanol–water partition coefficient (Wildman–Crippen LogP) is 2.85. The molecule has 0 aliphatic carbocycles. The van der Waals surface area contributed by atoms with Crippen molar-refractivity contribution in [1.29, 1.82) is 0 Å². The lowest BCUT2D eigenvalue weighted by atomic mass is 10.1. The van der Waals surface area contributed by atoms with E-state index in [0.29, 0.717) is 0 Å². The van der Waals surface area contributed by atoms with Gasteiger partial charge in [-0.25, -0.2) is 4.79 Å². The van der Waals surface area contributed by atoms with Crippen LogP contribution in [0.2, 0.25) is 0 Å². The molecule has 0 heterocycles. The number of anilines is 1. The Morgan fingerprint density at radius 2 is 2.26 bits per heavy atom. The van der Waals surface area contributed by atoms with Crippen molar-refractivity contribution in [3.05, 3.63) is 33.9 Å². The molecule has 2 N–H and O–H groups in total. The van der Waals surface area contributed by atoms with E-state index >= 15 is 0 Å². The zero-order valence-electron chi connectivity index (χ0n) is 10.8. The summed E-state index contributed by atoms with van der Waals surface area (Å²) in [7, 11) is 0. The maximum Gasteiger partial charge on any atom is 0.335 e. The van der Waals surface area contributed by atoms with Crippen LogP contribution in [0.4, 0.5) is 11.4 Å². The molecule has 1 aromatic rings. The van der Waals surface area contributed by atoms with Crippen molar-refractivity contribution in [1.82, 2.24) is 0 Å². The van der Waals surface area contributed by atoms with Gasteiger partial charge in [0.05, 0.1) is 10.5 Å². The van der Waals surface area contributed by atoms with Gasteiger partial charge in [-0.05, 0) is 24.8 Å². The third-order valence-electron chi connectivity index (χ3n) is 2.41. The lowest BCUT2D eigenvalue weighted by molar-refractivity contribution is -0.384. The average Bonchev–Trinajstić information content (AvgIpc) is 2.35. The number of hydrogen-bond acceptors (Lipinski definition) is 5. The maximum absolute atomic E-state index is 10.9. The molecule has 0 radical (unpaired) electrons. The van der Waals surface area contributed by atoms with Crippen molar-refractivity contribution in [2.75, 3.05) is 16.8 Å². The lowest BCUT2D eigenvalue weighted by Gasteiger charge is -2.15. The molecule has 19 heavy (non-hydrogen) atoms. The number of carbonyl (C=O) groups is 1. The Morgan fingerprint density at radius 1 is 1.58 bits per heavy atom. The van der Waals surface area contributed by atoms with E-state index in [4.69, 9.17) is 5.11 Å². The predicted molar refractivity (Wildman–Crippen MR) is 76.1 cm³/mol. The number of thioether (sulfide) groups is 1. The van der Waals surface area contributed by atoms with Crippen LogP contribution in [0.15, 0.2) is 18.2 Å². The summed E-state index contributed by atoms with van der Waals surface area (Å²) in [5, 5.41) is 22.8. The first-order chi connectivity index (χ1) is 8.95. The summed E-state index contributed by atoms with van der Waals surface area (Å²) in [5.41, 5.74) is 0.163. The Labute approximate surface area is 115 Å². The molecule has 0 saturated heterocycles. The summed E-state index contributed by atoms with van der Waals surface area (Å²) < 4.78 is 0. The summed E-state index contributed by atoms with van der Waals surface area (Å²) in [6.07, 6.45) is 0. The molecule has 0 aliphatic heterocycles. The minimum atomic E-state index is -1.10. The number of nitrogens with one attached hydrogen (secondary N) is 1. The van der Waals surface area contributed by atoms with Crippen molar-refractivity contribution >= 4 is 29.1 Å². The second-order valence-electron chi connectivity index (χ2n) is 4.00. The quantitative estimate of drug-likeness (QED) is 0.591. The van der Waals surface area contributed by atoms with E-state index in [2.05, 4.69) is 5.32 Å². The van der Waals surface area contributed by atoms with Crippen molar-refractivity contribution in [3.63, 3.8) is 0 Å². The number of rotatable bonds is 7. The van der Waals surface area contributed by atoms with Crippen molar-refractivity contribution < 1.29 is 14.8 Å². The molecule has 0 aliphatic rings. The van der Waals surface area contributed by atoms with Gasteiger partial charge in [0.15, 0.2) is 0 Å². The number of nitro benzene ring substituents is 1. The van der Waals surface area contributed by atoms with Gasteiger partial charge in [0, 0.05) is 17.9 Å². The van der Waals surface area contributed by atoms with Gasteiger partial charge in [0.25, 0.3) is 5.69 Å². The van der Waals surface area contributed by atoms with Gasteiger partial charge in [-0.3, -0.25) is 10.1 Å². The molecule has 0 bridgehead atoms. The Bertz CT molecular complexity index is 479. The fraction of sp³-hybridized carbons (Fsp3) is 0.417. The molecule has 0 saturated carbocycles. The highest BCUT2D eigenvalue weighted by molar-refractivity contribution is 7.99. The zero-order valence-corrected chi connectivity index (χ0v) is 11.6. The molecule has 0 spiro atoms. The van der Waals surface area contributed by atoms with Gasteiger partial charge < -0.3 is 10.4 Å². The summed E-state index contributed by atoms with van der Waals surface area (Å²) in [6.45, 7) is 3.94. The maximum atomic E-state index is 10.9. The lowest BCUT2D eigenvalue weighted by Crippen LogP contribution is -2.19. The van der Waals surface area contributed by atoms with E-state index in [1.54, 1.807) is 11.8 Å². The SMILES string of the molecule is CCSCC(C)Nc1cc(C(=O)O)ccc1[N+](=O)[O-]. The minimum Gasteiger partial charge on any atom is -0.478 e. The van der Waals surface area contributed by atoms with E-state index in [1.165, 1.54) is 18.2 Å². The smallest absolute Gasteiger partial charge is 0.335 e. The van der Waals surface area contributed by atoms with Crippen molar-refractivity contribution in [2.45, 2.75) is 19.9 Å². The van der Waals surface area contributed by atoms with Crippen LogP contribution < -0.4 is 5.32 Å². The summed E-state index contributed by atoms with van der Waals surface area (Å²) in [4.78, 5) is 21.3. The van der Waals surface area contributed by atoms with Gasteiger partial charge in [-0.15, -0.1) is 0 Å². The second kappa shape index (κ2) is 6.98. The Balaban J connectivity index is 2.97. The molecule has 1 rings (SSSR count). The Kier molecular flexibility index (Phi) is 5.62. The highest BCUT2D eigenvalue weighted by Gasteiger charge is 2.17. The first-order valence-electron chi connectivity index (χ1n) is 5.81. The van der Waals surface area contributed by atoms with Crippen LogP contribution in [0.5, 0.6) is 0 Å². The van der Waals surface area contributed by atoms with Crippen LogP contribution in [-0.4, -0.2) is 33.5 Å². The van der Waals surface area contributed by atoms with E-state index in [1.807, 2.05) is 13.8 Å². The molecular weight excluding hydrogens is 268 g/mol. The fourth-order valence-electron chi connectivity index (χ4n) is 1.55. The summed E-state index contributed by atoms with van der Waals surface area (Å²) in [5.74, 6) is 0.655. The van der Waals surface area contributed by atoms with E-state index in [0.717, 1.165) is 11.5 Å². The topological polar surface area (TPSA) is 92.5 Å². The summed E-state index contributed by atoms with van der Waals surface area (Å²) >= 11 is 1.71. The number of nitro groups is 1. The molecule has 1 unspecified atom stereocenters. The van der Waals surface area contributed by atoms with E-state index < -0.39 is 10.9 Å². The number of aromatic carboxylic acids is 1. The number of benzene rings is 1. The second-order valence-corrected chi connectivity index (χ2v) is 5.32. The standard InChI is InChI=1S/C12H16N2O4S/c1-3-19-7-8(2)13-10-6-9(12(15)16)4-5-11(10)14(17)18/h4-6,8,13H,3,7H2,1-2H3,(H,15,16). The third-order valence-corrected chi connectivity index (χ3v) is 3.56. The molecule has 0 aromatic heterocycles. The molecular formula is C12H16N2O4S. The van der Waals surface area contributed by atoms with Gasteiger partial charge in [0.2, 0.25) is 0 Å². The van der Waals surface area contributed by atoms with Crippen LogP contribution in [0, 0.1) is 10.1 Å². The number of carboxylic acid groups (broad SMARTS) is 1. The first kappa shape index (κ1) is 15.3. The van der Waals surface area contributed by atoms with E-state index in [-0.39, 0.29) is 23.0 Å². The number of hydrogen-bond donors (Lipinski definition) is 2. The number of nitrogens with zero attached hydrogens (tertiary/aromatic N) is 1. The van der Waals surface area contributed by atoms with Crippen LogP contribution in [0.3, 0.4) is 0 Å². The minimum absolute atomic E-state index is 0.0210. The Hall–Kier alpha value is -1.76. The van der Waals surface area contributed by atoms with Gasteiger partial charge in [-0.1, -0.05) is 6.92 Å². The highest BCUT2D eigenvalue weighted by Crippen LogP contribution is 2.26. The van der Waals surface area contributed by atoms with E-state index in [9.17, 15) is 14.9 Å². The van der Waals surface area contributed by atoms with Gasteiger partial charge in [-0.2, -0.15) is 11.8 Å². The molecule has 0 fully saturated rings. The average molecular weight is 284 g/mol. The molecule has 6 nitrogen and oxygen atoms in total. The molecule has 104 valence electrons. The highest BCUT2D eigenvalue weighted by atomic mass is 32.2. The molecule has 1 aromatic carbocycles. The van der Waals surface area contributed by atoms with Crippen LogP contribution in [0.1, 0.15) is 24.2 Å². The molecule has 7 heteroatoms. The first-order valence-corrected chi connectivity index (χ1v) is 6.97. The van der Waals surface area contributed by atoms with Crippen molar-refractivity contribution in [3.8, 4) is 0 Å². The van der Waals surface area contributed by atoms with Gasteiger partial charge in [0.1, 0.15) is 5.69 Å². The van der Waals surface area contributed by atoms with Crippen LogP contribution in [0.25, 0.3) is 0 Å². The third kappa shape index (κ3) is 4.44. The zero-order chi connectivity index (χ0) is 14.4. The van der Waals surface area contributed by atoms with Crippen molar-refractivity contribution in [2.24, 2.45) is 0 Å². The largest absolute Gasteiger partial charge is 0.478 e. The Morgan fingerprint density at radius 3 is 2.79 bits per heavy atom. The number of carboxylic acids is 1. The van der Waals surface area contributed by atoms with Crippen LogP contribution in [-0.2, 0) is 0 Å². The molecule has 1 atom stereocenters. The fourth-order valence-corrected chi connectivity index (χ4v) is 2.22. The monoisotopic (exact) mass is 284 g/mol. The normalized spacial score (nSPS) is 11.9.